The minimum Gasteiger partial charge on any atom is -0.469 e. The lowest BCUT2D eigenvalue weighted by molar-refractivity contribution is 0.506. The zero-order valence-corrected chi connectivity index (χ0v) is 16.9. The fourth-order valence-corrected chi connectivity index (χ4v) is 2.90. The lowest BCUT2D eigenvalue weighted by Crippen LogP contribution is -2.42. The molecule has 6 nitrogen and oxygen atoms in total. The van der Waals surface area contributed by atoms with E-state index in [1.165, 1.54) is 0 Å². The van der Waals surface area contributed by atoms with Crippen molar-refractivity contribution in [3.63, 3.8) is 0 Å². The molecule has 0 aliphatic carbocycles. The second kappa shape index (κ2) is 9.78. The normalized spacial score (nSPS) is 12.8. The van der Waals surface area contributed by atoms with Gasteiger partial charge in [0.25, 0.3) is 0 Å². The van der Waals surface area contributed by atoms with Gasteiger partial charge in [-0.1, -0.05) is 37.3 Å². The van der Waals surface area contributed by atoms with Crippen LogP contribution in [0, 0.1) is 0 Å². The number of guanidine groups is 1. The van der Waals surface area contributed by atoms with Crippen molar-refractivity contribution < 1.29 is 4.42 Å². The lowest BCUT2D eigenvalue weighted by Gasteiger charge is -2.17. The first-order chi connectivity index (χ1) is 13.7. The monoisotopic (exact) mass is 379 g/mol. The Morgan fingerprint density at radius 1 is 1.21 bits per heavy atom. The molecule has 0 saturated heterocycles. The third kappa shape index (κ3) is 5.49. The number of aryl methyl sites for hydroxylation is 1. The van der Waals surface area contributed by atoms with E-state index in [1.54, 1.807) is 6.26 Å². The molecule has 1 atom stereocenters. The summed E-state index contributed by atoms with van der Waals surface area (Å²) in [5, 5.41) is 11.5. The molecule has 0 fully saturated rings. The Morgan fingerprint density at radius 2 is 2.04 bits per heavy atom. The van der Waals surface area contributed by atoms with Crippen LogP contribution in [0.3, 0.4) is 0 Å². The third-order valence-corrected chi connectivity index (χ3v) is 4.60. The number of aliphatic imine (C=N–C) groups is 1. The SMILES string of the molecule is CCC(C)NC(=NCc1cn(C)nc1-c1ccccc1)NCCc1ccco1. The Hall–Kier alpha value is -3.02. The van der Waals surface area contributed by atoms with Gasteiger partial charge in [0, 0.05) is 43.4 Å². The van der Waals surface area contributed by atoms with E-state index < -0.39 is 0 Å². The van der Waals surface area contributed by atoms with Crippen LogP contribution in [0.4, 0.5) is 0 Å². The van der Waals surface area contributed by atoms with Crippen LogP contribution in [0.15, 0.2) is 64.3 Å². The maximum atomic E-state index is 5.40. The summed E-state index contributed by atoms with van der Waals surface area (Å²) in [4.78, 5) is 4.81. The van der Waals surface area contributed by atoms with Gasteiger partial charge in [-0.25, -0.2) is 4.99 Å². The molecule has 3 aromatic rings. The topological polar surface area (TPSA) is 67.4 Å². The molecule has 6 heteroatoms. The molecule has 0 aliphatic heterocycles. The smallest absolute Gasteiger partial charge is 0.191 e. The number of nitrogens with one attached hydrogen (secondary N) is 2. The van der Waals surface area contributed by atoms with Crippen molar-refractivity contribution in [2.75, 3.05) is 6.54 Å². The first-order valence-electron chi connectivity index (χ1n) is 9.81. The molecule has 3 rings (SSSR count). The first kappa shape index (κ1) is 19.7. The van der Waals surface area contributed by atoms with E-state index in [4.69, 9.17) is 9.41 Å². The summed E-state index contributed by atoms with van der Waals surface area (Å²) < 4.78 is 7.25. The van der Waals surface area contributed by atoms with E-state index in [-0.39, 0.29) is 0 Å². The maximum Gasteiger partial charge on any atom is 0.191 e. The summed E-state index contributed by atoms with van der Waals surface area (Å²) in [6, 6.07) is 14.5. The Bertz CT molecular complexity index is 868. The van der Waals surface area contributed by atoms with E-state index in [1.807, 2.05) is 48.3 Å². The molecule has 1 unspecified atom stereocenters. The fourth-order valence-electron chi connectivity index (χ4n) is 2.90. The van der Waals surface area contributed by atoms with Gasteiger partial charge in [0.05, 0.1) is 18.5 Å². The highest BCUT2D eigenvalue weighted by Gasteiger charge is 2.11. The van der Waals surface area contributed by atoms with E-state index >= 15 is 0 Å². The second-order valence-electron chi connectivity index (χ2n) is 6.92. The summed E-state index contributed by atoms with van der Waals surface area (Å²) in [7, 11) is 1.94. The van der Waals surface area contributed by atoms with E-state index in [9.17, 15) is 0 Å². The molecule has 148 valence electrons. The fraction of sp³-hybridized carbons (Fsp3) is 0.364. The third-order valence-electron chi connectivity index (χ3n) is 4.60. The minimum absolute atomic E-state index is 0.345. The van der Waals surface area contributed by atoms with Gasteiger partial charge >= 0.3 is 0 Å². The van der Waals surface area contributed by atoms with Crippen molar-refractivity contribution in [3.8, 4) is 11.3 Å². The highest BCUT2D eigenvalue weighted by molar-refractivity contribution is 5.80. The van der Waals surface area contributed by atoms with Crippen LogP contribution in [0.5, 0.6) is 0 Å². The molecule has 0 bridgehead atoms. The summed E-state index contributed by atoms with van der Waals surface area (Å²) in [6.45, 7) is 5.63. The molecule has 1 aromatic carbocycles. The Balaban J connectivity index is 1.71. The van der Waals surface area contributed by atoms with Crippen LogP contribution >= 0.6 is 0 Å². The molecule has 0 aliphatic rings. The van der Waals surface area contributed by atoms with Gasteiger partial charge in [0.2, 0.25) is 0 Å². The number of nitrogens with zero attached hydrogens (tertiary/aromatic N) is 3. The van der Waals surface area contributed by atoms with Crippen molar-refractivity contribution in [1.29, 1.82) is 0 Å². The maximum absolute atomic E-state index is 5.40. The lowest BCUT2D eigenvalue weighted by atomic mass is 10.1. The molecular weight excluding hydrogens is 350 g/mol. The quantitative estimate of drug-likeness (QED) is 0.462. The molecule has 0 saturated carbocycles. The Kier molecular flexibility index (Phi) is 6.89. The number of aromatic nitrogens is 2. The van der Waals surface area contributed by atoms with Crippen LogP contribution in [-0.2, 0) is 20.0 Å². The molecule has 0 radical (unpaired) electrons. The molecular formula is C22H29N5O. The molecule has 28 heavy (non-hydrogen) atoms. The van der Waals surface area contributed by atoms with Crippen molar-refractivity contribution in [1.82, 2.24) is 20.4 Å². The number of benzene rings is 1. The van der Waals surface area contributed by atoms with Crippen LogP contribution < -0.4 is 10.6 Å². The number of hydrogen-bond acceptors (Lipinski definition) is 3. The largest absolute Gasteiger partial charge is 0.469 e. The summed E-state index contributed by atoms with van der Waals surface area (Å²) in [5.74, 6) is 1.78. The molecule has 0 spiro atoms. The van der Waals surface area contributed by atoms with E-state index in [0.29, 0.717) is 12.6 Å². The zero-order valence-electron chi connectivity index (χ0n) is 16.9. The number of furan rings is 1. The van der Waals surface area contributed by atoms with Crippen molar-refractivity contribution in [2.45, 2.75) is 39.3 Å². The average Bonchev–Trinajstić information content (AvgIpc) is 3.36. The Morgan fingerprint density at radius 3 is 2.75 bits per heavy atom. The predicted molar refractivity (Wildman–Crippen MR) is 113 cm³/mol. The van der Waals surface area contributed by atoms with Crippen molar-refractivity contribution >= 4 is 5.96 Å². The van der Waals surface area contributed by atoms with Gasteiger partial charge in [-0.05, 0) is 25.5 Å². The standard InChI is InChI=1S/C22H29N5O/c1-4-17(2)25-22(23-13-12-20-11-8-14-28-20)24-15-19-16-27(3)26-21(19)18-9-6-5-7-10-18/h5-11,14,16-17H,4,12-13,15H2,1-3H3,(H2,23,24,25). The van der Waals surface area contributed by atoms with Gasteiger partial charge in [-0.15, -0.1) is 0 Å². The van der Waals surface area contributed by atoms with E-state index in [2.05, 4.69) is 41.7 Å². The van der Waals surface area contributed by atoms with Crippen molar-refractivity contribution in [3.05, 3.63) is 66.2 Å². The van der Waals surface area contributed by atoms with Gasteiger partial charge in [0.15, 0.2) is 5.96 Å². The predicted octanol–water partition coefficient (Wildman–Crippen LogP) is 3.76. The van der Waals surface area contributed by atoms with Crippen LogP contribution in [0.2, 0.25) is 0 Å². The highest BCUT2D eigenvalue weighted by Crippen LogP contribution is 2.22. The molecule has 2 heterocycles. The first-order valence-corrected chi connectivity index (χ1v) is 9.81. The summed E-state index contributed by atoms with van der Waals surface area (Å²) in [5.41, 5.74) is 3.19. The van der Waals surface area contributed by atoms with Crippen LogP contribution in [-0.4, -0.2) is 28.3 Å². The summed E-state index contributed by atoms with van der Waals surface area (Å²) in [6.07, 6.45) is 5.59. The molecule has 2 aromatic heterocycles. The minimum atomic E-state index is 0.345. The van der Waals surface area contributed by atoms with Gasteiger partial charge in [-0.2, -0.15) is 5.10 Å². The number of rotatable bonds is 8. The average molecular weight is 380 g/mol. The van der Waals surface area contributed by atoms with Gasteiger partial charge in [0.1, 0.15) is 5.76 Å². The zero-order chi connectivity index (χ0) is 19.8. The molecule has 0 amide bonds. The van der Waals surface area contributed by atoms with Crippen molar-refractivity contribution in [2.24, 2.45) is 12.0 Å². The summed E-state index contributed by atoms with van der Waals surface area (Å²) >= 11 is 0. The number of hydrogen-bond donors (Lipinski definition) is 2. The van der Waals surface area contributed by atoms with Gasteiger partial charge in [-0.3, -0.25) is 4.68 Å². The second-order valence-corrected chi connectivity index (χ2v) is 6.92. The van der Waals surface area contributed by atoms with Crippen LogP contribution in [0.1, 0.15) is 31.6 Å². The van der Waals surface area contributed by atoms with Gasteiger partial charge < -0.3 is 15.1 Å². The molecule has 2 N–H and O–H groups in total. The Labute approximate surface area is 166 Å². The highest BCUT2D eigenvalue weighted by atomic mass is 16.3. The van der Waals surface area contributed by atoms with E-state index in [0.717, 1.165) is 47.9 Å². The van der Waals surface area contributed by atoms with Crippen LogP contribution in [0.25, 0.3) is 11.3 Å².